The Balaban J connectivity index is 1.23. The lowest BCUT2D eigenvalue weighted by Crippen LogP contribution is -2.59. The third-order valence-corrected chi connectivity index (χ3v) is 8.81. The van der Waals surface area contributed by atoms with Gasteiger partial charge in [0.2, 0.25) is 10.0 Å². The largest absolute Gasteiger partial charge is 0.377 e. The van der Waals surface area contributed by atoms with Crippen LogP contribution in [-0.4, -0.2) is 39.1 Å². The number of carbonyl (C=O) groups excluding carboxylic acids is 1. The van der Waals surface area contributed by atoms with Crippen LogP contribution in [0.25, 0.3) is 0 Å². The lowest BCUT2D eigenvalue weighted by Gasteiger charge is -2.56. The van der Waals surface area contributed by atoms with Crippen molar-refractivity contribution in [1.29, 1.82) is 0 Å². The van der Waals surface area contributed by atoms with E-state index in [-0.39, 0.29) is 29.0 Å². The van der Waals surface area contributed by atoms with Gasteiger partial charge in [-0.2, -0.15) is 0 Å². The van der Waals surface area contributed by atoms with E-state index in [9.17, 15) is 13.2 Å². The molecule has 1 heterocycles. The van der Waals surface area contributed by atoms with Crippen molar-refractivity contribution in [2.75, 3.05) is 13.2 Å². The van der Waals surface area contributed by atoms with Crippen LogP contribution in [0.5, 0.6) is 0 Å². The molecule has 2 N–H and O–H groups in total. The summed E-state index contributed by atoms with van der Waals surface area (Å²) >= 11 is 0. The Morgan fingerprint density at radius 2 is 1.66 bits per heavy atom. The van der Waals surface area contributed by atoms with Crippen molar-refractivity contribution in [2.45, 2.75) is 67.9 Å². The first-order valence-corrected chi connectivity index (χ1v) is 12.4. The van der Waals surface area contributed by atoms with Crippen molar-refractivity contribution in [2.24, 2.45) is 17.8 Å². The monoisotopic (exact) mass is 418 g/mol. The van der Waals surface area contributed by atoms with E-state index >= 15 is 0 Å². The third-order valence-electron chi connectivity index (χ3n) is 7.37. The zero-order valence-corrected chi connectivity index (χ0v) is 17.5. The maximum Gasteiger partial charge on any atom is 0.251 e. The normalized spacial score (nSPS) is 35.7. The van der Waals surface area contributed by atoms with Crippen LogP contribution in [0.4, 0.5) is 0 Å². The molecule has 158 valence electrons. The SMILES string of the molecule is O=C(NC12CC3CC(CC(C3)C1)C2)c1ccc(S(=O)(=O)NC[C@@H]2CCCO2)cc1. The number of amides is 1. The quantitative estimate of drug-likeness (QED) is 0.744. The van der Waals surface area contributed by atoms with Gasteiger partial charge in [0.15, 0.2) is 0 Å². The predicted octanol–water partition coefficient (Wildman–Crippen LogP) is 2.84. The molecule has 0 aromatic heterocycles. The molecule has 29 heavy (non-hydrogen) atoms. The summed E-state index contributed by atoms with van der Waals surface area (Å²) in [6.07, 6.45) is 9.11. The highest BCUT2D eigenvalue weighted by molar-refractivity contribution is 7.89. The van der Waals surface area contributed by atoms with E-state index in [1.54, 1.807) is 12.1 Å². The Labute approximate surface area is 172 Å². The van der Waals surface area contributed by atoms with Gasteiger partial charge in [-0.15, -0.1) is 0 Å². The van der Waals surface area contributed by atoms with Gasteiger partial charge in [0.05, 0.1) is 11.0 Å². The highest BCUT2D eigenvalue weighted by Gasteiger charge is 2.51. The number of hydrogen-bond acceptors (Lipinski definition) is 4. The molecule has 0 radical (unpaired) electrons. The standard InChI is InChI=1S/C22H30N2O4S/c25-21(24-22-11-15-8-16(12-22)10-17(9-15)13-22)18-3-5-20(6-4-18)29(26,27)23-14-19-2-1-7-28-19/h3-6,15-17,19,23H,1-2,7-14H2,(H,24,25)/t15?,16?,17?,19-,22?/m0/s1. The fourth-order valence-corrected chi connectivity index (χ4v) is 7.52. The van der Waals surface area contributed by atoms with E-state index in [4.69, 9.17) is 4.74 Å². The number of rotatable bonds is 6. The van der Waals surface area contributed by atoms with Crippen LogP contribution in [0.2, 0.25) is 0 Å². The van der Waals surface area contributed by atoms with Crippen molar-refractivity contribution >= 4 is 15.9 Å². The van der Waals surface area contributed by atoms with Crippen LogP contribution in [0.3, 0.4) is 0 Å². The van der Waals surface area contributed by atoms with Gasteiger partial charge in [0.1, 0.15) is 0 Å². The van der Waals surface area contributed by atoms with Crippen LogP contribution in [0.1, 0.15) is 61.7 Å². The van der Waals surface area contributed by atoms with Gasteiger partial charge in [0.25, 0.3) is 5.91 Å². The lowest BCUT2D eigenvalue weighted by atomic mass is 9.53. The summed E-state index contributed by atoms with van der Waals surface area (Å²) in [4.78, 5) is 13.1. The first-order valence-electron chi connectivity index (χ1n) is 10.9. The summed E-state index contributed by atoms with van der Waals surface area (Å²) in [6, 6.07) is 6.28. The Morgan fingerprint density at radius 3 is 2.21 bits per heavy atom. The molecule has 4 saturated carbocycles. The summed E-state index contributed by atoms with van der Waals surface area (Å²) in [7, 11) is -3.60. The molecule has 5 fully saturated rings. The van der Waals surface area contributed by atoms with E-state index in [1.807, 2.05) is 0 Å². The zero-order chi connectivity index (χ0) is 20.1. The second-order valence-corrected chi connectivity index (χ2v) is 11.4. The van der Waals surface area contributed by atoms with Gasteiger partial charge in [0, 0.05) is 24.3 Å². The fraction of sp³-hybridized carbons (Fsp3) is 0.682. The zero-order valence-electron chi connectivity index (χ0n) is 16.7. The molecule has 1 saturated heterocycles. The number of sulfonamides is 1. The topological polar surface area (TPSA) is 84.5 Å². The number of ether oxygens (including phenoxy) is 1. The van der Waals surface area contributed by atoms with Gasteiger partial charge < -0.3 is 10.1 Å². The molecule has 1 aromatic carbocycles. The second kappa shape index (κ2) is 7.36. The highest BCUT2D eigenvalue weighted by Crippen LogP contribution is 2.55. The van der Waals surface area contributed by atoms with Crippen molar-refractivity contribution in [3.63, 3.8) is 0 Å². The minimum Gasteiger partial charge on any atom is -0.377 e. The van der Waals surface area contributed by atoms with Gasteiger partial charge in [-0.1, -0.05) is 0 Å². The predicted molar refractivity (Wildman–Crippen MR) is 109 cm³/mol. The van der Waals surface area contributed by atoms with Crippen molar-refractivity contribution in [1.82, 2.24) is 10.0 Å². The van der Waals surface area contributed by atoms with Crippen molar-refractivity contribution in [3.8, 4) is 0 Å². The lowest BCUT2D eigenvalue weighted by molar-refractivity contribution is -0.0167. The van der Waals surface area contributed by atoms with Crippen LogP contribution in [0, 0.1) is 17.8 Å². The van der Waals surface area contributed by atoms with Crippen molar-refractivity contribution in [3.05, 3.63) is 29.8 Å². The van der Waals surface area contributed by atoms with Crippen LogP contribution in [-0.2, 0) is 14.8 Å². The average Bonchev–Trinajstić information content (AvgIpc) is 3.19. The number of carbonyl (C=O) groups is 1. The highest BCUT2D eigenvalue weighted by atomic mass is 32.2. The molecule has 1 amide bonds. The Kier molecular flexibility index (Phi) is 4.95. The van der Waals surface area contributed by atoms with Crippen LogP contribution in [0.15, 0.2) is 29.2 Å². The molecular weight excluding hydrogens is 388 g/mol. The number of nitrogens with one attached hydrogen (secondary N) is 2. The molecule has 1 atom stereocenters. The molecule has 4 bridgehead atoms. The molecule has 4 aliphatic carbocycles. The number of benzene rings is 1. The fourth-order valence-electron chi connectivity index (χ4n) is 6.45. The van der Waals surface area contributed by atoms with Gasteiger partial charge in [-0.25, -0.2) is 13.1 Å². The molecule has 0 spiro atoms. The van der Waals surface area contributed by atoms with Crippen LogP contribution >= 0.6 is 0 Å². The summed E-state index contributed by atoms with van der Waals surface area (Å²) < 4.78 is 33.1. The van der Waals surface area contributed by atoms with Gasteiger partial charge >= 0.3 is 0 Å². The average molecular weight is 419 g/mol. The van der Waals surface area contributed by atoms with E-state index in [1.165, 1.54) is 31.4 Å². The molecule has 1 aromatic rings. The van der Waals surface area contributed by atoms with Crippen LogP contribution < -0.4 is 10.0 Å². The smallest absolute Gasteiger partial charge is 0.251 e. The molecule has 7 heteroatoms. The van der Waals surface area contributed by atoms with Crippen molar-refractivity contribution < 1.29 is 17.9 Å². The second-order valence-electron chi connectivity index (χ2n) is 9.66. The Hall–Kier alpha value is -1.44. The molecule has 6 rings (SSSR count). The Morgan fingerprint density at radius 1 is 1.03 bits per heavy atom. The third kappa shape index (κ3) is 3.97. The first-order chi connectivity index (χ1) is 13.9. The van der Waals surface area contributed by atoms with E-state index in [2.05, 4.69) is 10.0 Å². The molecule has 6 nitrogen and oxygen atoms in total. The van der Waals surface area contributed by atoms with E-state index < -0.39 is 10.0 Å². The summed E-state index contributed by atoms with van der Waals surface area (Å²) in [5.74, 6) is 2.22. The maximum absolute atomic E-state index is 12.9. The maximum atomic E-state index is 12.9. The van der Waals surface area contributed by atoms with Gasteiger partial charge in [-0.05, 0) is 93.4 Å². The number of hydrogen-bond donors (Lipinski definition) is 2. The van der Waals surface area contributed by atoms with E-state index in [0.29, 0.717) is 12.2 Å². The molecule has 1 aliphatic heterocycles. The summed E-state index contributed by atoms with van der Waals surface area (Å²) in [6.45, 7) is 0.983. The molecule has 5 aliphatic rings. The minimum atomic E-state index is -3.60. The first kappa shape index (κ1) is 19.5. The Bertz CT molecular complexity index is 839. The van der Waals surface area contributed by atoms with E-state index in [0.717, 1.165) is 49.9 Å². The minimum absolute atomic E-state index is 0.0422. The summed E-state index contributed by atoms with van der Waals surface area (Å²) in [5.41, 5.74) is 0.484. The van der Waals surface area contributed by atoms with Gasteiger partial charge in [-0.3, -0.25) is 4.79 Å². The molecule has 0 unspecified atom stereocenters. The summed E-state index contributed by atoms with van der Waals surface area (Å²) in [5, 5.41) is 3.34. The molecular formula is C22H30N2O4S.